The lowest BCUT2D eigenvalue weighted by Crippen LogP contribution is -2.32. The number of hydrogen-bond acceptors (Lipinski definition) is 5. The number of nitrogens with one attached hydrogen (secondary N) is 1. The number of fused-ring (bicyclic) bond motifs is 1. The molecular weight excluding hydrogens is 418 g/mol. The van der Waals surface area contributed by atoms with Gasteiger partial charge in [-0.3, -0.25) is 14.3 Å². The highest BCUT2D eigenvalue weighted by Gasteiger charge is 2.25. The standard InChI is InChI=1S/C25H27N5O3/c1-15(2)30-22-20(23(31)28-25(30)32)29(13-17-8-6-16(3)7-9-17)21(27-22)19-5-4-12-26-24(19)33-14-18-10-11-18/h4-9,12,15,18H,10-11,13-14H2,1-3H3,(H,28,31,32). The molecule has 33 heavy (non-hydrogen) atoms. The fraction of sp³-hybridized carbons (Fsp3) is 0.360. The first-order valence-corrected chi connectivity index (χ1v) is 11.3. The molecule has 4 aromatic rings. The number of H-pyrrole nitrogens is 1. The number of ether oxygens (including phenoxy) is 1. The maximum atomic E-state index is 13.0. The van der Waals surface area contributed by atoms with Gasteiger partial charge in [0.05, 0.1) is 12.2 Å². The molecule has 0 atom stereocenters. The van der Waals surface area contributed by atoms with Crippen molar-refractivity contribution in [3.63, 3.8) is 0 Å². The summed E-state index contributed by atoms with van der Waals surface area (Å²) < 4.78 is 9.43. The van der Waals surface area contributed by atoms with Crippen LogP contribution in [0.4, 0.5) is 0 Å². The number of imidazole rings is 1. The van der Waals surface area contributed by atoms with Gasteiger partial charge in [-0.25, -0.2) is 14.8 Å². The maximum absolute atomic E-state index is 13.0. The Bertz CT molecular complexity index is 1430. The molecule has 1 saturated carbocycles. The molecule has 3 aromatic heterocycles. The molecule has 8 nitrogen and oxygen atoms in total. The van der Waals surface area contributed by atoms with Crippen LogP contribution in [0.25, 0.3) is 22.6 Å². The van der Waals surface area contributed by atoms with Crippen LogP contribution in [0.3, 0.4) is 0 Å². The van der Waals surface area contributed by atoms with Crippen molar-refractivity contribution in [3.05, 3.63) is 74.6 Å². The molecule has 8 heteroatoms. The van der Waals surface area contributed by atoms with Gasteiger partial charge in [-0.2, -0.15) is 0 Å². The summed E-state index contributed by atoms with van der Waals surface area (Å²) in [6.07, 6.45) is 4.03. The fourth-order valence-electron chi connectivity index (χ4n) is 4.02. The maximum Gasteiger partial charge on any atom is 0.330 e. The number of aromatic amines is 1. The van der Waals surface area contributed by atoms with E-state index in [1.807, 2.05) is 61.7 Å². The quantitative estimate of drug-likeness (QED) is 0.468. The Hall–Kier alpha value is -3.68. The smallest absolute Gasteiger partial charge is 0.330 e. The van der Waals surface area contributed by atoms with Crippen molar-refractivity contribution in [1.82, 2.24) is 24.1 Å². The fourth-order valence-corrected chi connectivity index (χ4v) is 4.02. The Morgan fingerprint density at radius 3 is 2.61 bits per heavy atom. The van der Waals surface area contributed by atoms with Crippen LogP contribution in [-0.2, 0) is 6.54 Å². The van der Waals surface area contributed by atoms with Gasteiger partial charge in [-0.15, -0.1) is 0 Å². The normalized spacial score (nSPS) is 13.7. The number of nitrogens with zero attached hydrogens (tertiary/aromatic N) is 4. The highest BCUT2D eigenvalue weighted by atomic mass is 16.5. The Morgan fingerprint density at radius 2 is 1.91 bits per heavy atom. The van der Waals surface area contributed by atoms with Crippen molar-refractivity contribution < 1.29 is 4.74 Å². The van der Waals surface area contributed by atoms with Gasteiger partial charge in [-0.1, -0.05) is 29.8 Å². The zero-order valence-electron chi connectivity index (χ0n) is 19.0. The first-order valence-electron chi connectivity index (χ1n) is 11.3. The SMILES string of the molecule is Cc1ccc(Cn2c(-c3cccnc3OCC3CC3)nc3c2c(=O)[nH]c(=O)n3C(C)C)cc1. The van der Waals surface area contributed by atoms with Gasteiger partial charge in [0, 0.05) is 18.8 Å². The van der Waals surface area contributed by atoms with Crippen LogP contribution < -0.4 is 16.0 Å². The lowest BCUT2D eigenvalue weighted by atomic mass is 10.1. The van der Waals surface area contributed by atoms with Crippen LogP contribution in [0.1, 0.15) is 43.9 Å². The van der Waals surface area contributed by atoms with E-state index in [1.54, 1.807) is 6.20 Å². The first-order chi connectivity index (χ1) is 15.9. The molecular formula is C25H27N5O3. The summed E-state index contributed by atoms with van der Waals surface area (Å²) in [6.45, 7) is 6.85. The highest BCUT2D eigenvalue weighted by molar-refractivity contribution is 5.78. The van der Waals surface area contributed by atoms with Gasteiger partial charge in [0.2, 0.25) is 5.88 Å². The number of pyridine rings is 1. The van der Waals surface area contributed by atoms with Gasteiger partial charge in [0.1, 0.15) is 5.82 Å². The monoisotopic (exact) mass is 445 g/mol. The minimum atomic E-state index is -0.467. The minimum absolute atomic E-state index is 0.174. The van der Waals surface area contributed by atoms with E-state index >= 15 is 0 Å². The molecule has 0 amide bonds. The predicted molar refractivity (Wildman–Crippen MR) is 127 cm³/mol. The van der Waals surface area contributed by atoms with E-state index in [1.165, 1.54) is 17.4 Å². The van der Waals surface area contributed by atoms with Gasteiger partial charge in [-0.05, 0) is 57.2 Å². The van der Waals surface area contributed by atoms with Crippen LogP contribution in [0.5, 0.6) is 5.88 Å². The van der Waals surface area contributed by atoms with E-state index in [-0.39, 0.29) is 6.04 Å². The van der Waals surface area contributed by atoms with Crippen molar-refractivity contribution in [2.45, 2.75) is 46.2 Å². The second kappa shape index (κ2) is 8.35. The molecule has 0 radical (unpaired) electrons. The van der Waals surface area contributed by atoms with Crippen molar-refractivity contribution in [2.24, 2.45) is 5.92 Å². The summed E-state index contributed by atoms with van der Waals surface area (Å²) in [7, 11) is 0. The van der Waals surface area contributed by atoms with Gasteiger partial charge in [0.15, 0.2) is 11.2 Å². The Morgan fingerprint density at radius 1 is 1.15 bits per heavy atom. The number of aromatic nitrogens is 5. The molecule has 0 aliphatic heterocycles. The molecule has 1 aromatic carbocycles. The Labute approximate surface area is 190 Å². The third kappa shape index (κ3) is 4.08. The molecule has 0 spiro atoms. The summed E-state index contributed by atoms with van der Waals surface area (Å²) in [5, 5.41) is 0. The molecule has 5 rings (SSSR count). The number of benzene rings is 1. The summed E-state index contributed by atoms with van der Waals surface area (Å²) >= 11 is 0. The third-order valence-corrected chi connectivity index (χ3v) is 5.97. The van der Waals surface area contributed by atoms with Crippen LogP contribution in [0.15, 0.2) is 52.2 Å². The lowest BCUT2D eigenvalue weighted by Gasteiger charge is -2.13. The van der Waals surface area contributed by atoms with Gasteiger partial charge < -0.3 is 9.30 Å². The van der Waals surface area contributed by atoms with Crippen molar-refractivity contribution in [2.75, 3.05) is 6.61 Å². The van der Waals surface area contributed by atoms with Gasteiger partial charge >= 0.3 is 5.69 Å². The minimum Gasteiger partial charge on any atom is -0.477 e. The summed E-state index contributed by atoms with van der Waals surface area (Å²) in [5.74, 6) is 1.61. The van der Waals surface area contributed by atoms with Crippen LogP contribution >= 0.6 is 0 Å². The predicted octanol–water partition coefficient (Wildman–Crippen LogP) is 3.67. The van der Waals surface area contributed by atoms with E-state index in [2.05, 4.69) is 9.97 Å². The Kier molecular flexibility index (Phi) is 5.36. The summed E-state index contributed by atoms with van der Waals surface area (Å²) in [5.41, 5.74) is 2.67. The van der Waals surface area contributed by atoms with E-state index in [0.29, 0.717) is 47.5 Å². The van der Waals surface area contributed by atoms with Crippen molar-refractivity contribution in [3.8, 4) is 17.3 Å². The molecule has 0 saturated heterocycles. The molecule has 170 valence electrons. The highest BCUT2D eigenvalue weighted by Crippen LogP contribution is 2.33. The lowest BCUT2D eigenvalue weighted by molar-refractivity contribution is 0.289. The first kappa shape index (κ1) is 21.2. The van der Waals surface area contributed by atoms with Crippen molar-refractivity contribution in [1.29, 1.82) is 0 Å². The zero-order chi connectivity index (χ0) is 23.1. The summed E-state index contributed by atoms with van der Waals surface area (Å²) in [6, 6.07) is 11.7. The average Bonchev–Trinajstić information content (AvgIpc) is 3.54. The largest absolute Gasteiger partial charge is 0.477 e. The summed E-state index contributed by atoms with van der Waals surface area (Å²) in [4.78, 5) is 37.4. The van der Waals surface area contributed by atoms with Crippen LogP contribution in [-0.4, -0.2) is 30.7 Å². The molecule has 1 aliphatic carbocycles. The van der Waals surface area contributed by atoms with Crippen LogP contribution in [0, 0.1) is 12.8 Å². The van der Waals surface area contributed by atoms with E-state index in [0.717, 1.165) is 11.1 Å². The molecule has 3 heterocycles. The zero-order valence-corrected chi connectivity index (χ0v) is 19.0. The average molecular weight is 446 g/mol. The number of hydrogen-bond donors (Lipinski definition) is 1. The molecule has 1 N–H and O–H groups in total. The molecule has 0 bridgehead atoms. The number of aryl methyl sites for hydroxylation is 1. The molecule has 0 unspecified atom stereocenters. The van der Waals surface area contributed by atoms with Crippen molar-refractivity contribution >= 4 is 11.2 Å². The van der Waals surface area contributed by atoms with E-state index in [9.17, 15) is 9.59 Å². The second-order valence-electron chi connectivity index (χ2n) is 9.01. The van der Waals surface area contributed by atoms with Gasteiger partial charge in [0.25, 0.3) is 5.56 Å². The number of rotatable bonds is 7. The van der Waals surface area contributed by atoms with E-state index < -0.39 is 11.2 Å². The van der Waals surface area contributed by atoms with Crippen LogP contribution in [0.2, 0.25) is 0 Å². The molecule has 1 fully saturated rings. The Balaban J connectivity index is 1.75. The third-order valence-electron chi connectivity index (χ3n) is 5.97. The van der Waals surface area contributed by atoms with E-state index in [4.69, 9.17) is 9.72 Å². The molecule has 1 aliphatic rings. The topological polar surface area (TPSA) is 94.8 Å². The second-order valence-corrected chi connectivity index (χ2v) is 9.01.